The van der Waals surface area contributed by atoms with E-state index in [-0.39, 0.29) is 52.2 Å². The van der Waals surface area contributed by atoms with Gasteiger partial charge in [0.2, 0.25) is 11.5 Å². The van der Waals surface area contributed by atoms with Crippen LogP contribution < -0.4 is 20.5 Å². The van der Waals surface area contributed by atoms with Gasteiger partial charge in [-0.2, -0.15) is 18.4 Å². The molecule has 0 saturated heterocycles. The van der Waals surface area contributed by atoms with Crippen LogP contribution in [0.5, 0.6) is 11.5 Å². The summed E-state index contributed by atoms with van der Waals surface area (Å²) < 4.78 is 69.5. The van der Waals surface area contributed by atoms with E-state index in [1.165, 1.54) is 43.5 Å². The van der Waals surface area contributed by atoms with Gasteiger partial charge in [-0.1, -0.05) is 0 Å². The van der Waals surface area contributed by atoms with Crippen LogP contribution in [0.4, 0.5) is 17.6 Å². The zero-order valence-electron chi connectivity index (χ0n) is 24.1. The summed E-state index contributed by atoms with van der Waals surface area (Å²) in [7, 11) is 0. The van der Waals surface area contributed by atoms with Crippen LogP contribution in [-0.4, -0.2) is 52.3 Å². The van der Waals surface area contributed by atoms with Crippen LogP contribution in [0.25, 0.3) is 22.2 Å². The van der Waals surface area contributed by atoms with Gasteiger partial charge in [0.05, 0.1) is 23.9 Å². The third kappa shape index (κ3) is 5.32. The molecule has 46 heavy (non-hydrogen) atoms. The Morgan fingerprint density at radius 2 is 1.91 bits per heavy atom. The standard InChI is InChI=1S/C32H25F4N5O5/c1-30(29(38)43)15-45-27-22(30)11-24(41-26(27)17-2-4-20(33)5-3-17)31(44,32(34,35)36)14-40-28(42)19-9-18-8-16(12-37)13-39-25(18)23(10-19)46-21-6-7-21/h2-5,8-11,13,21,44H,6-7,14-15H2,1H3,(H2,38,43)(H,40,42)/t30-,31?/m0/s1. The van der Waals surface area contributed by atoms with E-state index in [0.29, 0.717) is 10.9 Å². The quantitative estimate of drug-likeness (QED) is 0.243. The number of pyridine rings is 2. The van der Waals surface area contributed by atoms with Gasteiger partial charge in [0, 0.05) is 28.3 Å². The van der Waals surface area contributed by atoms with Gasteiger partial charge in [-0.3, -0.25) is 14.6 Å². The lowest BCUT2D eigenvalue weighted by Gasteiger charge is -2.31. The zero-order chi connectivity index (χ0) is 33.0. The van der Waals surface area contributed by atoms with E-state index in [9.17, 15) is 37.5 Å². The number of aliphatic hydroxyl groups is 1. The van der Waals surface area contributed by atoms with Gasteiger partial charge in [-0.05, 0) is 68.3 Å². The van der Waals surface area contributed by atoms with E-state index in [4.69, 9.17) is 15.2 Å². The van der Waals surface area contributed by atoms with Crippen molar-refractivity contribution in [3.05, 3.63) is 82.9 Å². The minimum Gasteiger partial charge on any atom is -0.489 e. The number of rotatable bonds is 8. The molecule has 1 aliphatic heterocycles. The number of aromatic nitrogens is 2. The highest BCUT2D eigenvalue weighted by molar-refractivity contribution is 6.00. The maximum atomic E-state index is 14.8. The second-order valence-electron chi connectivity index (χ2n) is 11.5. The lowest BCUT2D eigenvalue weighted by atomic mass is 9.81. The van der Waals surface area contributed by atoms with E-state index in [2.05, 4.69) is 15.3 Å². The van der Waals surface area contributed by atoms with E-state index in [1.807, 2.05) is 6.07 Å². The molecule has 1 aliphatic carbocycles. The van der Waals surface area contributed by atoms with Crippen LogP contribution in [0.3, 0.4) is 0 Å². The molecule has 2 aromatic carbocycles. The summed E-state index contributed by atoms with van der Waals surface area (Å²) >= 11 is 0. The number of nitrogens with zero attached hydrogens (tertiary/aromatic N) is 3. The SMILES string of the molecule is C[C@]1(C(N)=O)COc2c1cc(C(O)(CNC(=O)c1cc(OC3CC3)c3ncc(C#N)cc3c1)C(F)(F)F)nc2-c1ccc(F)cc1. The van der Waals surface area contributed by atoms with Crippen LogP contribution >= 0.6 is 0 Å². The number of benzene rings is 2. The maximum Gasteiger partial charge on any atom is 0.424 e. The first kappa shape index (κ1) is 30.7. The molecule has 10 nitrogen and oxygen atoms in total. The van der Waals surface area contributed by atoms with Crippen molar-refractivity contribution in [3.8, 4) is 28.8 Å². The van der Waals surface area contributed by atoms with E-state index in [0.717, 1.165) is 31.0 Å². The molecule has 2 aromatic heterocycles. The highest BCUT2D eigenvalue weighted by Gasteiger charge is 2.57. The molecule has 1 fully saturated rings. The molecule has 0 spiro atoms. The molecular weight excluding hydrogens is 610 g/mol. The predicted molar refractivity (Wildman–Crippen MR) is 154 cm³/mol. The Kier molecular flexibility index (Phi) is 7.31. The summed E-state index contributed by atoms with van der Waals surface area (Å²) in [5.41, 5.74) is -0.351. The molecule has 1 saturated carbocycles. The molecule has 4 aromatic rings. The van der Waals surface area contributed by atoms with Crippen molar-refractivity contribution < 1.29 is 41.7 Å². The van der Waals surface area contributed by atoms with Crippen molar-refractivity contribution in [2.45, 2.75) is 43.1 Å². The number of fused-ring (bicyclic) bond motifs is 2. The molecule has 1 unspecified atom stereocenters. The Bertz CT molecular complexity index is 1940. The van der Waals surface area contributed by atoms with Crippen molar-refractivity contribution in [1.82, 2.24) is 15.3 Å². The Hall–Kier alpha value is -5.29. The van der Waals surface area contributed by atoms with Crippen LogP contribution in [0.2, 0.25) is 0 Å². The number of hydrogen-bond donors (Lipinski definition) is 3. The smallest absolute Gasteiger partial charge is 0.424 e. The normalized spacial score (nSPS) is 18.6. The fourth-order valence-corrected chi connectivity index (χ4v) is 5.11. The second kappa shape index (κ2) is 11.0. The molecule has 2 amide bonds. The van der Waals surface area contributed by atoms with Crippen molar-refractivity contribution >= 4 is 22.7 Å². The van der Waals surface area contributed by atoms with Gasteiger partial charge in [0.1, 0.15) is 46.6 Å². The summed E-state index contributed by atoms with van der Waals surface area (Å²) in [5, 5.41) is 23.1. The lowest BCUT2D eigenvalue weighted by Crippen LogP contribution is -2.51. The van der Waals surface area contributed by atoms with E-state index < -0.39 is 47.1 Å². The fraction of sp³-hybridized carbons (Fsp3) is 0.281. The lowest BCUT2D eigenvalue weighted by molar-refractivity contribution is -0.265. The van der Waals surface area contributed by atoms with E-state index in [1.54, 1.807) is 0 Å². The second-order valence-corrected chi connectivity index (χ2v) is 11.5. The molecule has 14 heteroatoms. The van der Waals surface area contributed by atoms with E-state index >= 15 is 0 Å². The number of hydrogen-bond acceptors (Lipinski definition) is 8. The molecule has 3 heterocycles. The first-order chi connectivity index (χ1) is 21.7. The molecule has 0 radical (unpaired) electrons. The minimum atomic E-state index is -5.39. The Morgan fingerprint density at radius 3 is 2.54 bits per heavy atom. The number of carbonyl (C=O) groups is 2. The van der Waals surface area contributed by atoms with Crippen molar-refractivity contribution in [2.75, 3.05) is 13.2 Å². The van der Waals surface area contributed by atoms with Gasteiger partial charge in [0.25, 0.3) is 5.91 Å². The average molecular weight is 636 g/mol. The number of nitrogens with one attached hydrogen (secondary N) is 1. The number of carbonyl (C=O) groups excluding carboxylic acids is 2. The summed E-state index contributed by atoms with van der Waals surface area (Å²) in [5.74, 6) is -2.33. The maximum absolute atomic E-state index is 14.8. The van der Waals surface area contributed by atoms with Crippen molar-refractivity contribution in [2.24, 2.45) is 5.73 Å². The highest BCUT2D eigenvalue weighted by Crippen LogP contribution is 2.47. The van der Waals surface area contributed by atoms with Crippen molar-refractivity contribution in [3.63, 3.8) is 0 Å². The topological polar surface area (TPSA) is 160 Å². The van der Waals surface area contributed by atoms with Gasteiger partial charge in [-0.15, -0.1) is 0 Å². The first-order valence-corrected chi connectivity index (χ1v) is 14.1. The molecule has 6 rings (SSSR count). The zero-order valence-corrected chi connectivity index (χ0v) is 24.1. The number of amides is 2. The minimum absolute atomic E-state index is 0.0464. The van der Waals surface area contributed by atoms with Crippen LogP contribution in [0.1, 0.15) is 46.9 Å². The summed E-state index contributed by atoms with van der Waals surface area (Å²) in [6.07, 6.45) is -2.60. The molecule has 236 valence electrons. The summed E-state index contributed by atoms with van der Waals surface area (Å²) in [6, 6.07) is 11.6. The monoisotopic (exact) mass is 635 g/mol. The first-order valence-electron chi connectivity index (χ1n) is 14.1. The number of nitrogens with two attached hydrogens (primary N) is 1. The fourth-order valence-electron chi connectivity index (χ4n) is 5.11. The third-order valence-corrected chi connectivity index (χ3v) is 8.09. The van der Waals surface area contributed by atoms with Crippen LogP contribution in [0.15, 0.2) is 54.7 Å². The van der Waals surface area contributed by atoms with Gasteiger partial charge in [-0.25, -0.2) is 9.37 Å². The molecule has 2 aliphatic rings. The highest BCUT2D eigenvalue weighted by atomic mass is 19.4. The number of nitriles is 1. The summed E-state index contributed by atoms with van der Waals surface area (Å²) in [6.45, 7) is -0.319. The van der Waals surface area contributed by atoms with Crippen LogP contribution in [0, 0.1) is 17.1 Å². The Balaban J connectivity index is 1.41. The number of ether oxygens (including phenoxy) is 2. The average Bonchev–Trinajstić information content (AvgIpc) is 3.78. The Labute approximate surface area is 258 Å². The number of alkyl halides is 3. The third-order valence-electron chi connectivity index (χ3n) is 8.09. The number of halogens is 4. The van der Waals surface area contributed by atoms with Gasteiger partial charge in [0.15, 0.2) is 0 Å². The Morgan fingerprint density at radius 1 is 1.20 bits per heavy atom. The largest absolute Gasteiger partial charge is 0.489 e. The molecule has 0 bridgehead atoms. The summed E-state index contributed by atoms with van der Waals surface area (Å²) in [4.78, 5) is 34.1. The number of primary amides is 1. The molecule has 2 atom stereocenters. The molecular formula is C32H25F4N5O5. The van der Waals surface area contributed by atoms with Gasteiger partial charge >= 0.3 is 6.18 Å². The van der Waals surface area contributed by atoms with Gasteiger partial charge < -0.3 is 25.6 Å². The predicted octanol–water partition coefficient (Wildman–Crippen LogP) is 4.16. The molecule has 4 N–H and O–H groups in total. The van der Waals surface area contributed by atoms with Crippen molar-refractivity contribution in [1.29, 1.82) is 5.26 Å². The van der Waals surface area contributed by atoms with Crippen LogP contribution in [-0.2, 0) is 15.8 Å².